The summed E-state index contributed by atoms with van der Waals surface area (Å²) in [6, 6.07) is 0.540. The number of likely N-dealkylation sites (tertiary alicyclic amines) is 1. The van der Waals surface area contributed by atoms with E-state index in [-0.39, 0.29) is 0 Å². The maximum atomic E-state index is 5.46. The number of piperidine rings is 1. The van der Waals surface area contributed by atoms with E-state index in [1.165, 1.54) is 45.3 Å². The van der Waals surface area contributed by atoms with Crippen molar-refractivity contribution in [2.24, 2.45) is 5.92 Å². The average Bonchev–Trinajstić information content (AvgIpc) is 2.89. The summed E-state index contributed by atoms with van der Waals surface area (Å²) in [6.45, 7) is 7.55. The van der Waals surface area contributed by atoms with Crippen molar-refractivity contribution >= 4 is 6.01 Å². The van der Waals surface area contributed by atoms with Crippen LogP contribution in [0.5, 0.6) is 0 Å². The summed E-state index contributed by atoms with van der Waals surface area (Å²) in [5.41, 5.74) is 0. The van der Waals surface area contributed by atoms with E-state index in [2.05, 4.69) is 32.7 Å². The van der Waals surface area contributed by atoms with Gasteiger partial charge in [0.2, 0.25) is 5.89 Å². The van der Waals surface area contributed by atoms with Gasteiger partial charge in [-0.25, -0.2) is 0 Å². The molecule has 20 heavy (non-hydrogen) atoms. The Hall–Kier alpha value is -1.14. The van der Waals surface area contributed by atoms with E-state index in [1.807, 2.05) is 7.05 Å². The summed E-state index contributed by atoms with van der Waals surface area (Å²) in [4.78, 5) is 2.58. The molecule has 0 saturated carbocycles. The van der Waals surface area contributed by atoms with Crippen LogP contribution in [0.1, 0.15) is 38.5 Å². The zero-order valence-corrected chi connectivity index (χ0v) is 12.7. The predicted octanol–water partition coefficient (Wildman–Crippen LogP) is 1.71. The summed E-state index contributed by atoms with van der Waals surface area (Å²) >= 11 is 0. The number of anilines is 1. The monoisotopic (exact) mass is 281 g/mol. The van der Waals surface area contributed by atoms with Crippen LogP contribution in [0, 0.1) is 5.92 Å². The Balaban J connectivity index is 1.61. The summed E-state index contributed by atoms with van der Waals surface area (Å²) in [7, 11) is 1.86. The largest absolute Gasteiger partial charge is 0.407 e. The second-order valence-electron chi connectivity index (χ2n) is 5.53. The number of aromatic nitrogens is 2. The van der Waals surface area contributed by atoms with Gasteiger partial charge in [-0.15, -0.1) is 5.10 Å². The summed E-state index contributed by atoms with van der Waals surface area (Å²) in [5.74, 6) is 1.46. The molecule has 0 unspecified atom stereocenters. The minimum Gasteiger partial charge on any atom is -0.407 e. The molecule has 1 aliphatic heterocycles. The van der Waals surface area contributed by atoms with Crippen molar-refractivity contribution in [3.63, 3.8) is 0 Å². The van der Waals surface area contributed by atoms with Gasteiger partial charge in [0.05, 0.1) is 6.54 Å². The average molecular weight is 281 g/mol. The molecule has 0 bridgehead atoms. The highest BCUT2D eigenvalue weighted by atomic mass is 16.4. The van der Waals surface area contributed by atoms with Crippen molar-refractivity contribution in [1.82, 2.24) is 20.4 Å². The zero-order chi connectivity index (χ0) is 14.2. The van der Waals surface area contributed by atoms with Crippen molar-refractivity contribution in [1.29, 1.82) is 0 Å². The van der Waals surface area contributed by atoms with Crippen LogP contribution in [0.4, 0.5) is 6.01 Å². The number of rotatable bonds is 8. The highest BCUT2D eigenvalue weighted by Gasteiger charge is 2.18. The van der Waals surface area contributed by atoms with E-state index < -0.39 is 0 Å². The Morgan fingerprint density at radius 2 is 2.10 bits per heavy atom. The van der Waals surface area contributed by atoms with Gasteiger partial charge in [0, 0.05) is 6.54 Å². The predicted molar refractivity (Wildman–Crippen MR) is 79.6 cm³/mol. The zero-order valence-electron chi connectivity index (χ0n) is 12.7. The lowest BCUT2D eigenvalue weighted by Crippen LogP contribution is -2.34. The number of hydrogen-bond donors (Lipinski definition) is 2. The molecular weight excluding hydrogens is 254 g/mol. The minimum absolute atomic E-state index is 0.540. The van der Waals surface area contributed by atoms with E-state index in [0.29, 0.717) is 18.5 Å². The lowest BCUT2D eigenvalue weighted by atomic mass is 9.93. The van der Waals surface area contributed by atoms with Crippen LogP contribution in [0.2, 0.25) is 0 Å². The van der Waals surface area contributed by atoms with Crippen molar-refractivity contribution in [2.45, 2.75) is 39.2 Å². The molecular formula is C14H27N5O. The number of nitrogens with zero attached hydrogens (tertiary/aromatic N) is 3. The standard InChI is InChI=1S/C14H27N5O/c1-3-8-19-9-5-12(6-10-19)4-7-16-14-18-17-13(20-14)11-15-2/h12,15H,3-11H2,1-2H3,(H,16,18). The van der Waals surface area contributed by atoms with Crippen LogP contribution in [-0.4, -0.2) is 48.3 Å². The Labute approximate surface area is 121 Å². The molecule has 0 atom stereocenters. The molecule has 114 valence electrons. The quantitative estimate of drug-likeness (QED) is 0.756. The van der Waals surface area contributed by atoms with Gasteiger partial charge >= 0.3 is 6.01 Å². The Morgan fingerprint density at radius 3 is 2.80 bits per heavy atom. The first-order valence-corrected chi connectivity index (χ1v) is 7.75. The molecule has 0 radical (unpaired) electrons. The SMILES string of the molecule is CCCN1CCC(CCNc2nnc(CNC)o2)CC1. The van der Waals surface area contributed by atoms with Crippen molar-refractivity contribution in [3.8, 4) is 0 Å². The van der Waals surface area contributed by atoms with Crippen molar-refractivity contribution in [2.75, 3.05) is 38.5 Å². The molecule has 1 aliphatic rings. The van der Waals surface area contributed by atoms with Gasteiger partial charge in [0.1, 0.15) is 0 Å². The minimum atomic E-state index is 0.540. The molecule has 0 amide bonds. The van der Waals surface area contributed by atoms with Crippen molar-refractivity contribution in [3.05, 3.63) is 5.89 Å². The maximum Gasteiger partial charge on any atom is 0.315 e. The molecule has 1 saturated heterocycles. The summed E-state index contributed by atoms with van der Waals surface area (Å²) < 4.78 is 5.46. The Kier molecular flexibility index (Phi) is 6.26. The topological polar surface area (TPSA) is 66.2 Å². The second-order valence-corrected chi connectivity index (χ2v) is 5.53. The fourth-order valence-corrected chi connectivity index (χ4v) is 2.75. The molecule has 1 aromatic heterocycles. The van der Waals surface area contributed by atoms with E-state index in [9.17, 15) is 0 Å². The maximum absolute atomic E-state index is 5.46. The summed E-state index contributed by atoms with van der Waals surface area (Å²) in [5, 5.41) is 14.1. The van der Waals surface area contributed by atoms with E-state index in [1.54, 1.807) is 0 Å². The van der Waals surface area contributed by atoms with Crippen LogP contribution < -0.4 is 10.6 Å². The van der Waals surface area contributed by atoms with Crippen LogP contribution in [0.25, 0.3) is 0 Å². The van der Waals surface area contributed by atoms with E-state index in [0.717, 1.165) is 12.5 Å². The highest BCUT2D eigenvalue weighted by molar-refractivity contribution is 5.16. The number of nitrogens with one attached hydrogen (secondary N) is 2. The van der Waals surface area contributed by atoms with Gasteiger partial charge in [0.15, 0.2) is 0 Å². The molecule has 1 aromatic rings. The third-order valence-corrected chi connectivity index (χ3v) is 3.87. The van der Waals surface area contributed by atoms with E-state index in [4.69, 9.17) is 4.42 Å². The van der Waals surface area contributed by atoms with Crippen LogP contribution in [0.3, 0.4) is 0 Å². The molecule has 6 heteroatoms. The summed E-state index contributed by atoms with van der Waals surface area (Å²) in [6.07, 6.45) is 5.08. The van der Waals surface area contributed by atoms with Gasteiger partial charge in [-0.3, -0.25) is 0 Å². The first-order chi connectivity index (χ1) is 9.81. The molecule has 6 nitrogen and oxygen atoms in total. The lowest BCUT2D eigenvalue weighted by Gasteiger charge is -2.31. The van der Waals surface area contributed by atoms with Crippen molar-refractivity contribution < 1.29 is 4.42 Å². The third kappa shape index (κ3) is 4.76. The number of hydrogen-bond acceptors (Lipinski definition) is 6. The van der Waals surface area contributed by atoms with Crippen LogP contribution in [0.15, 0.2) is 4.42 Å². The Morgan fingerprint density at radius 1 is 1.30 bits per heavy atom. The molecule has 0 aliphatic carbocycles. The van der Waals surface area contributed by atoms with Gasteiger partial charge in [-0.2, -0.15) is 0 Å². The molecule has 2 rings (SSSR count). The first-order valence-electron chi connectivity index (χ1n) is 7.75. The van der Waals surface area contributed by atoms with Gasteiger partial charge in [-0.05, 0) is 58.3 Å². The molecule has 2 N–H and O–H groups in total. The molecule has 0 spiro atoms. The third-order valence-electron chi connectivity index (χ3n) is 3.87. The Bertz CT molecular complexity index is 373. The smallest absolute Gasteiger partial charge is 0.315 e. The molecule has 2 heterocycles. The van der Waals surface area contributed by atoms with Crippen LogP contribution in [-0.2, 0) is 6.54 Å². The normalized spacial score (nSPS) is 17.5. The van der Waals surface area contributed by atoms with Gasteiger partial charge < -0.3 is 20.0 Å². The fourth-order valence-electron chi connectivity index (χ4n) is 2.75. The first kappa shape index (κ1) is 15.3. The van der Waals surface area contributed by atoms with Gasteiger partial charge in [0.25, 0.3) is 0 Å². The fraction of sp³-hybridized carbons (Fsp3) is 0.857. The highest BCUT2D eigenvalue weighted by Crippen LogP contribution is 2.20. The lowest BCUT2D eigenvalue weighted by molar-refractivity contribution is 0.181. The van der Waals surface area contributed by atoms with E-state index >= 15 is 0 Å². The molecule has 0 aromatic carbocycles. The van der Waals surface area contributed by atoms with Gasteiger partial charge in [-0.1, -0.05) is 12.0 Å². The second kappa shape index (κ2) is 8.21. The molecule has 1 fully saturated rings. The van der Waals surface area contributed by atoms with Crippen LogP contribution >= 0.6 is 0 Å².